The lowest BCUT2D eigenvalue weighted by molar-refractivity contribution is -0.145. The van der Waals surface area contributed by atoms with Gasteiger partial charge >= 0.3 is 6.18 Å². The van der Waals surface area contributed by atoms with E-state index in [1.165, 1.54) is 17.8 Å². The number of carbonyl (C=O) groups excluding carboxylic acids is 2. The summed E-state index contributed by atoms with van der Waals surface area (Å²) in [6.07, 6.45) is -0.410. The lowest BCUT2D eigenvalue weighted by atomic mass is 9.90. The van der Waals surface area contributed by atoms with Crippen molar-refractivity contribution in [2.45, 2.75) is 51.7 Å². The van der Waals surface area contributed by atoms with Crippen LogP contribution in [0.2, 0.25) is 0 Å². The van der Waals surface area contributed by atoms with E-state index in [-0.39, 0.29) is 23.3 Å². The van der Waals surface area contributed by atoms with E-state index >= 15 is 0 Å². The van der Waals surface area contributed by atoms with Crippen molar-refractivity contribution in [3.05, 3.63) is 35.0 Å². The number of nitrogens with one attached hydrogen (secondary N) is 1. The molecule has 1 unspecified atom stereocenters. The Hall–Kier alpha value is -3.18. The van der Waals surface area contributed by atoms with Gasteiger partial charge in [0.15, 0.2) is 0 Å². The molecule has 0 aromatic carbocycles. The van der Waals surface area contributed by atoms with E-state index in [0.717, 1.165) is 12.8 Å². The van der Waals surface area contributed by atoms with Crippen LogP contribution < -0.4 is 11.1 Å². The maximum Gasteiger partial charge on any atom is 0.451 e. The molecule has 2 aromatic heterocycles. The lowest BCUT2D eigenvalue weighted by Crippen LogP contribution is -2.49. The number of aryl methyl sites for hydroxylation is 2. The fraction of sp³-hybridized carbons (Fsp3) is 0.571. The van der Waals surface area contributed by atoms with Crippen molar-refractivity contribution < 1.29 is 22.8 Å². The third-order valence-corrected chi connectivity index (χ3v) is 6.00. The minimum atomic E-state index is -4.63. The van der Waals surface area contributed by atoms with Gasteiger partial charge in [-0.1, -0.05) is 0 Å². The van der Waals surface area contributed by atoms with Crippen LogP contribution in [0.5, 0.6) is 0 Å². The summed E-state index contributed by atoms with van der Waals surface area (Å²) in [6, 6.07) is 0.907. The molecule has 0 radical (unpaired) electrons. The van der Waals surface area contributed by atoms with Crippen molar-refractivity contribution >= 4 is 17.6 Å². The Morgan fingerprint density at radius 3 is 2.48 bits per heavy atom. The number of piperidine rings is 1. The molecule has 3 rings (SSSR count). The number of carbonyl (C=O) groups is 2. The van der Waals surface area contributed by atoms with Crippen LogP contribution >= 0.6 is 0 Å². The monoisotopic (exact) mass is 467 g/mol. The summed E-state index contributed by atoms with van der Waals surface area (Å²) in [5, 5.41) is 6.65. The van der Waals surface area contributed by atoms with E-state index in [1.54, 1.807) is 24.9 Å². The second-order valence-electron chi connectivity index (χ2n) is 8.34. The average molecular weight is 467 g/mol. The highest BCUT2D eigenvalue weighted by atomic mass is 19.4. The van der Waals surface area contributed by atoms with Crippen molar-refractivity contribution in [2.75, 3.05) is 18.8 Å². The number of halogens is 3. The van der Waals surface area contributed by atoms with Crippen molar-refractivity contribution in [1.82, 2.24) is 30.0 Å². The molecule has 2 aromatic rings. The van der Waals surface area contributed by atoms with Gasteiger partial charge in [-0.2, -0.15) is 18.3 Å². The standard InChI is InChI=1S/C21H28F3N7O2/c1-12-15(17(25)29-20(28-12)21(22,23)24)5-4-14-7-10-31(11-8-14)19(33)13(2)27-18(32)16-6-9-26-30(16)3/h6,9,13-14H,4-5,7-8,10-11H2,1-3H3,(H,27,32)(H2,25,28,29). The fourth-order valence-electron chi connectivity index (χ4n) is 4.05. The number of nitrogens with two attached hydrogens (primary N) is 1. The van der Waals surface area contributed by atoms with Crippen LogP contribution in [0.3, 0.4) is 0 Å². The average Bonchev–Trinajstić information content (AvgIpc) is 3.18. The summed E-state index contributed by atoms with van der Waals surface area (Å²) in [7, 11) is 1.65. The molecule has 33 heavy (non-hydrogen) atoms. The molecule has 1 fully saturated rings. The van der Waals surface area contributed by atoms with Crippen LogP contribution in [-0.4, -0.2) is 55.6 Å². The van der Waals surface area contributed by atoms with E-state index < -0.39 is 18.0 Å². The molecule has 1 aliphatic rings. The van der Waals surface area contributed by atoms with E-state index in [9.17, 15) is 22.8 Å². The van der Waals surface area contributed by atoms with E-state index in [4.69, 9.17) is 5.73 Å². The second kappa shape index (κ2) is 9.75. The molecular weight excluding hydrogens is 439 g/mol. The Bertz CT molecular complexity index is 991. The Balaban J connectivity index is 1.49. The third-order valence-electron chi connectivity index (χ3n) is 6.00. The summed E-state index contributed by atoms with van der Waals surface area (Å²) in [5.41, 5.74) is 6.91. The topological polar surface area (TPSA) is 119 Å². The number of hydrogen-bond donors (Lipinski definition) is 2. The molecule has 3 N–H and O–H groups in total. The SMILES string of the molecule is Cc1nc(C(F)(F)F)nc(N)c1CCC1CCN(C(=O)C(C)NC(=O)c2ccnn2C)CC1. The third kappa shape index (κ3) is 5.79. The Kier molecular flexibility index (Phi) is 7.23. The van der Waals surface area contributed by atoms with Crippen LogP contribution in [0.15, 0.2) is 12.3 Å². The summed E-state index contributed by atoms with van der Waals surface area (Å²) >= 11 is 0. The number of rotatable bonds is 6. The number of hydrogen-bond acceptors (Lipinski definition) is 6. The van der Waals surface area contributed by atoms with Gasteiger partial charge in [0, 0.05) is 37.6 Å². The minimum Gasteiger partial charge on any atom is -0.383 e. The Labute approximate surface area is 189 Å². The van der Waals surface area contributed by atoms with Gasteiger partial charge in [-0.05, 0) is 51.5 Å². The zero-order valence-electron chi connectivity index (χ0n) is 18.8. The van der Waals surface area contributed by atoms with Crippen molar-refractivity contribution in [1.29, 1.82) is 0 Å². The highest BCUT2D eigenvalue weighted by Crippen LogP contribution is 2.30. The molecule has 9 nitrogen and oxygen atoms in total. The molecule has 180 valence electrons. The lowest BCUT2D eigenvalue weighted by Gasteiger charge is -2.33. The van der Waals surface area contributed by atoms with Crippen LogP contribution in [0, 0.1) is 12.8 Å². The quantitative estimate of drug-likeness (QED) is 0.672. The number of anilines is 1. The van der Waals surface area contributed by atoms with Gasteiger partial charge in [-0.15, -0.1) is 0 Å². The molecule has 0 saturated carbocycles. The number of aromatic nitrogens is 4. The first-order valence-corrected chi connectivity index (χ1v) is 10.7. The van der Waals surface area contributed by atoms with E-state index in [0.29, 0.717) is 43.1 Å². The smallest absolute Gasteiger partial charge is 0.383 e. The predicted molar refractivity (Wildman–Crippen MR) is 114 cm³/mol. The fourth-order valence-corrected chi connectivity index (χ4v) is 4.05. The van der Waals surface area contributed by atoms with Crippen molar-refractivity contribution in [3.8, 4) is 0 Å². The molecular formula is C21H28F3N7O2. The van der Waals surface area contributed by atoms with Crippen LogP contribution in [-0.2, 0) is 24.4 Å². The van der Waals surface area contributed by atoms with Gasteiger partial charge in [-0.25, -0.2) is 9.97 Å². The van der Waals surface area contributed by atoms with E-state index in [2.05, 4.69) is 20.4 Å². The summed E-state index contributed by atoms with van der Waals surface area (Å²) in [5.74, 6) is -1.58. The Morgan fingerprint density at radius 2 is 1.94 bits per heavy atom. The van der Waals surface area contributed by atoms with Gasteiger partial charge in [0.25, 0.3) is 5.91 Å². The zero-order chi connectivity index (χ0) is 24.3. The Morgan fingerprint density at radius 1 is 1.27 bits per heavy atom. The normalized spacial score (nSPS) is 16.0. The first kappa shape index (κ1) is 24.5. The molecule has 1 atom stereocenters. The molecule has 2 amide bonds. The zero-order valence-corrected chi connectivity index (χ0v) is 18.8. The van der Waals surface area contributed by atoms with Gasteiger partial charge in [0.05, 0.1) is 0 Å². The van der Waals surface area contributed by atoms with Gasteiger partial charge in [0.2, 0.25) is 11.7 Å². The largest absolute Gasteiger partial charge is 0.451 e. The first-order chi connectivity index (χ1) is 15.5. The summed E-state index contributed by atoms with van der Waals surface area (Å²) in [6.45, 7) is 4.25. The highest BCUT2D eigenvalue weighted by Gasteiger charge is 2.36. The number of nitrogens with zero attached hydrogens (tertiary/aromatic N) is 5. The molecule has 1 aliphatic heterocycles. The maximum atomic E-state index is 12.8. The maximum absolute atomic E-state index is 12.8. The summed E-state index contributed by atoms with van der Waals surface area (Å²) in [4.78, 5) is 33.8. The summed E-state index contributed by atoms with van der Waals surface area (Å²) < 4.78 is 39.9. The van der Waals surface area contributed by atoms with Gasteiger partial charge in [-0.3, -0.25) is 14.3 Å². The predicted octanol–water partition coefficient (Wildman–Crippen LogP) is 2.11. The van der Waals surface area contributed by atoms with Crippen molar-refractivity contribution in [2.24, 2.45) is 13.0 Å². The number of amides is 2. The number of alkyl halides is 3. The first-order valence-electron chi connectivity index (χ1n) is 10.7. The van der Waals surface area contributed by atoms with Gasteiger partial charge < -0.3 is 16.0 Å². The second-order valence-corrected chi connectivity index (χ2v) is 8.34. The molecule has 12 heteroatoms. The minimum absolute atomic E-state index is 0.138. The highest BCUT2D eigenvalue weighted by molar-refractivity contribution is 5.96. The molecule has 0 spiro atoms. The van der Waals surface area contributed by atoms with Crippen LogP contribution in [0.25, 0.3) is 0 Å². The van der Waals surface area contributed by atoms with Gasteiger partial charge in [0.1, 0.15) is 17.6 Å². The molecule has 0 aliphatic carbocycles. The van der Waals surface area contributed by atoms with Crippen LogP contribution in [0.4, 0.5) is 19.0 Å². The molecule has 1 saturated heterocycles. The molecule has 0 bridgehead atoms. The van der Waals surface area contributed by atoms with Crippen molar-refractivity contribution in [3.63, 3.8) is 0 Å². The van der Waals surface area contributed by atoms with Crippen LogP contribution in [0.1, 0.15) is 53.8 Å². The molecule has 3 heterocycles. The van der Waals surface area contributed by atoms with E-state index in [1.807, 2.05) is 0 Å². The number of likely N-dealkylation sites (tertiary alicyclic amines) is 1. The number of nitrogen functional groups attached to an aromatic ring is 1.